The molecule has 6 fully saturated rings. The summed E-state index contributed by atoms with van der Waals surface area (Å²) in [6, 6.07) is -3.23. The molecule has 2 saturated heterocycles. The summed E-state index contributed by atoms with van der Waals surface area (Å²) < 4.78 is 40.8. The van der Waals surface area contributed by atoms with E-state index in [2.05, 4.69) is 43.6 Å². The van der Waals surface area contributed by atoms with Gasteiger partial charge in [-0.3, -0.25) is 19.2 Å². The number of fused-ring (bicyclic) bond motifs is 7. The van der Waals surface area contributed by atoms with Crippen molar-refractivity contribution < 1.29 is 92.3 Å². The molecule has 22 nitrogen and oxygen atoms in total. The molecule has 0 aromatic carbocycles. The van der Waals surface area contributed by atoms with Crippen LogP contribution in [0.4, 0.5) is 0 Å². The molecule has 7 aliphatic rings. The van der Waals surface area contributed by atoms with Gasteiger partial charge in [-0.2, -0.15) is 0 Å². The number of nitrogens with one attached hydrogen (secondary N) is 3. The second kappa shape index (κ2) is 25.1. The third-order valence-corrected chi connectivity index (χ3v) is 20.8. The van der Waals surface area contributed by atoms with Crippen LogP contribution in [-0.2, 0) is 66.7 Å². The Morgan fingerprint density at radius 3 is 1.65 bits per heavy atom. The zero-order valence-electron chi connectivity index (χ0n) is 50.5. The molecule has 2 aliphatic heterocycles. The van der Waals surface area contributed by atoms with Crippen LogP contribution < -0.4 is 16.0 Å². The SMILES string of the molecule is CCCOC(=O)[C@H](C)NC(=O)[C@H]1O[C@@H](O[C@H]2[C@H](O[C@H]3CC[C@]4(C)[C@H]5C(=O)C=C6[C@@H]7C[C@@](C)(C(=O)N[C@@H](C)C(=O)OCCC)CC[C@]7(C)CC[C@@]6(C)[C@]5(C)CC[C@H]4C3(C)C)O[C@H](C(=O)N[C@@H](C)C(=O)OCCC)[C@@H](O)[C@@H]2O)[C@H](O)[C@@H](O)[C@@H]1O. The quantitative estimate of drug-likeness (QED) is 0.0522. The number of hydrogen-bond acceptors (Lipinski definition) is 19. The minimum Gasteiger partial charge on any atom is -0.464 e. The number of aliphatic hydroxyl groups excluding tert-OH is 5. The third kappa shape index (κ3) is 12.0. The molecule has 22 atom stereocenters. The zero-order chi connectivity index (χ0) is 60.8. The lowest BCUT2D eigenvalue weighted by Gasteiger charge is -2.70. The van der Waals surface area contributed by atoms with Crippen LogP contribution in [0.15, 0.2) is 11.6 Å². The van der Waals surface area contributed by atoms with Gasteiger partial charge in [0, 0.05) is 11.3 Å². The van der Waals surface area contributed by atoms with E-state index in [0.29, 0.717) is 57.8 Å². The van der Waals surface area contributed by atoms with Crippen LogP contribution in [0.3, 0.4) is 0 Å². The van der Waals surface area contributed by atoms with Crippen LogP contribution in [0.2, 0.25) is 0 Å². The van der Waals surface area contributed by atoms with Crippen LogP contribution >= 0.6 is 0 Å². The number of carbonyl (C=O) groups excluding carboxylic acids is 7. The van der Waals surface area contributed by atoms with Gasteiger partial charge in [-0.15, -0.1) is 0 Å². The topological polar surface area (TPSA) is 321 Å². The maximum absolute atomic E-state index is 15.4. The molecule has 5 aliphatic carbocycles. The highest BCUT2D eigenvalue weighted by Crippen LogP contribution is 2.75. The molecule has 0 unspecified atom stereocenters. The molecule has 0 aromatic rings. The number of ether oxygens (including phenoxy) is 7. The Kier molecular flexibility index (Phi) is 20.0. The van der Waals surface area contributed by atoms with Gasteiger partial charge in [-0.05, 0) is 143 Å². The summed E-state index contributed by atoms with van der Waals surface area (Å²) >= 11 is 0. The van der Waals surface area contributed by atoms with Crippen molar-refractivity contribution in [3.05, 3.63) is 11.6 Å². The standard InChI is InChI=1S/C60H95N3O19/c1-14-25-76-49(72)30(4)61-47(70)43-39(66)38(65)42(69)52(80-43)82-45-41(68)40(67)44(48(71)62-31(5)50(73)77-26-15-2)81-53(45)79-37-18-19-58(11)36(55(37,7)8)17-20-60(13)46(58)35(64)28-33-34-29-57(10,22-21-56(34,9)23-24-59(33,60)12)54(75)63-32(6)51(74)78-27-16-3/h28,30-32,34,36-46,52-53,65-69H,14-27,29H2,1-13H3,(H,61,70)(H,62,71)(H,63,75)/t30-,31-,32-,34-,36-,37-,38-,39-,40-,41-,42+,43-,44-,45+,46+,52-,53+,56+,57-,58-,59+,60+/m0/s1. The highest BCUT2D eigenvalue weighted by molar-refractivity contribution is 5.96. The van der Waals surface area contributed by atoms with Crippen molar-refractivity contribution in [2.75, 3.05) is 19.8 Å². The van der Waals surface area contributed by atoms with Gasteiger partial charge in [0.05, 0.1) is 25.9 Å². The fourth-order valence-corrected chi connectivity index (χ4v) is 15.5. The summed E-state index contributed by atoms with van der Waals surface area (Å²) in [6.07, 6.45) is -10.9. The lowest BCUT2D eigenvalue weighted by atomic mass is 9.33. The molecule has 464 valence electrons. The fourth-order valence-electron chi connectivity index (χ4n) is 15.5. The van der Waals surface area contributed by atoms with Gasteiger partial charge in [0.25, 0.3) is 11.8 Å². The number of amides is 3. The van der Waals surface area contributed by atoms with Crippen molar-refractivity contribution in [3.63, 3.8) is 0 Å². The van der Waals surface area contributed by atoms with Gasteiger partial charge >= 0.3 is 17.9 Å². The minimum atomic E-state index is -2.08. The average Bonchev–Trinajstić information content (AvgIpc) is 1.63. The Hall–Kier alpha value is -4.13. The summed E-state index contributed by atoms with van der Waals surface area (Å²) in [5.41, 5.74) is -2.08. The van der Waals surface area contributed by atoms with E-state index < -0.39 is 148 Å². The Labute approximate surface area is 482 Å². The normalized spacial score (nSPS) is 41.5. The molecule has 0 spiro atoms. The highest BCUT2D eigenvalue weighted by atomic mass is 16.8. The van der Waals surface area contributed by atoms with Crippen molar-refractivity contribution in [1.82, 2.24) is 16.0 Å². The van der Waals surface area contributed by atoms with E-state index in [1.807, 2.05) is 33.8 Å². The van der Waals surface area contributed by atoms with Crippen LogP contribution in [0.1, 0.15) is 167 Å². The lowest BCUT2D eigenvalue weighted by molar-refractivity contribution is -0.369. The molecular formula is C60H95N3O19. The number of rotatable bonds is 19. The molecule has 7 rings (SSSR count). The predicted molar refractivity (Wildman–Crippen MR) is 293 cm³/mol. The molecule has 0 radical (unpaired) electrons. The van der Waals surface area contributed by atoms with Gasteiger partial charge in [0.2, 0.25) is 5.91 Å². The summed E-state index contributed by atoms with van der Waals surface area (Å²) in [4.78, 5) is 95.1. The summed E-state index contributed by atoms with van der Waals surface area (Å²) in [7, 11) is 0. The number of ketones is 1. The molecule has 0 bridgehead atoms. The summed E-state index contributed by atoms with van der Waals surface area (Å²) in [6.45, 7) is 25.4. The smallest absolute Gasteiger partial charge is 0.328 e. The molecular weight excluding hydrogens is 1070 g/mol. The number of allylic oxidation sites excluding steroid dienone is 2. The molecule has 2 heterocycles. The van der Waals surface area contributed by atoms with Crippen molar-refractivity contribution in [2.24, 2.45) is 50.2 Å². The zero-order valence-corrected chi connectivity index (χ0v) is 50.5. The first-order valence-corrected chi connectivity index (χ1v) is 30.0. The summed E-state index contributed by atoms with van der Waals surface area (Å²) in [5.74, 6) is -4.87. The van der Waals surface area contributed by atoms with Crippen molar-refractivity contribution >= 4 is 41.4 Å². The average molecular weight is 1160 g/mol. The van der Waals surface area contributed by atoms with E-state index in [1.54, 1.807) is 20.8 Å². The monoisotopic (exact) mass is 1160 g/mol. The van der Waals surface area contributed by atoms with Gasteiger partial charge in [-0.25, -0.2) is 14.4 Å². The molecule has 8 N–H and O–H groups in total. The Morgan fingerprint density at radius 1 is 0.610 bits per heavy atom. The second-order valence-electron chi connectivity index (χ2n) is 26.8. The lowest BCUT2D eigenvalue weighted by Crippen LogP contribution is -2.69. The Bertz CT molecular complexity index is 2420. The Morgan fingerprint density at radius 2 is 1.11 bits per heavy atom. The maximum Gasteiger partial charge on any atom is 0.328 e. The third-order valence-electron chi connectivity index (χ3n) is 20.8. The first-order valence-electron chi connectivity index (χ1n) is 30.0. The van der Waals surface area contributed by atoms with E-state index in [1.165, 1.54) is 13.8 Å². The Balaban J connectivity index is 1.16. The molecule has 3 amide bonds. The fraction of sp³-hybridized carbons (Fsp3) is 0.850. The molecule has 22 heteroatoms. The van der Waals surface area contributed by atoms with E-state index in [9.17, 15) is 54.3 Å². The first-order chi connectivity index (χ1) is 38.3. The van der Waals surface area contributed by atoms with Crippen molar-refractivity contribution in [3.8, 4) is 0 Å². The van der Waals surface area contributed by atoms with Gasteiger partial charge in [-0.1, -0.05) is 74.8 Å². The van der Waals surface area contributed by atoms with Gasteiger partial charge in [0.1, 0.15) is 54.7 Å². The first kappa shape index (κ1) is 65.4. The molecule has 82 heavy (non-hydrogen) atoms. The van der Waals surface area contributed by atoms with E-state index >= 15 is 4.79 Å². The number of hydrogen-bond donors (Lipinski definition) is 8. The largest absolute Gasteiger partial charge is 0.464 e. The number of esters is 3. The highest BCUT2D eigenvalue weighted by Gasteiger charge is 2.71. The van der Waals surface area contributed by atoms with Crippen LogP contribution in [0.25, 0.3) is 0 Å². The number of carbonyl (C=O) groups is 7. The second-order valence-corrected chi connectivity index (χ2v) is 26.8. The van der Waals surface area contributed by atoms with Crippen LogP contribution in [-0.4, -0.2) is 172 Å². The number of aliphatic hydroxyl groups is 5. The molecule has 0 aromatic heterocycles. The maximum atomic E-state index is 15.4. The van der Waals surface area contributed by atoms with E-state index in [-0.39, 0.29) is 48.8 Å². The van der Waals surface area contributed by atoms with E-state index in [0.717, 1.165) is 24.8 Å². The van der Waals surface area contributed by atoms with E-state index in [4.69, 9.17) is 33.2 Å². The van der Waals surface area contributed by atoms with Crippen LogP contribution in [0, 0.1) is 50.2 Å². The van der Waals surface area contributed by atoms with Crippen molar-refractivity contribution in [1.29, 1.82) is 0 Å². The van der Waals surface area contributed by atoms with Gasteiger partial charge < -0.3 is 74.6 Å². The summed E-state index contributed by atoms with van der Waals surface area (Å²) in [5, 5.41) is 64.8. The predicted octanol–water partition coefficient (Wildman–Crippen LogP) is 3.37. The van der Waals surface area contributed by atoms with Crippen LogP contribution in [0.5, 0.6) is 0 Å². The van der Waals surface area contributed by atoms with Crippen molar-refractivity contribution in [2.45, 2.75) is 253 Å². The van der Waals surface area contributed by atoms with Gasteiger partial charge in [0.15, 0.2) is 30.6 Å². The minimum absolute atomic E-state index is 0.0460. The molecule has 4 saturated carbocycles.